The van der Waals surface area contributed by atoms with Gasteiger partial charge in [-0.15, -0.1) is 0 Å². The summed E-state index contributed by atoms with van der Waals surface area (Å²) in [6.07, 6.45) is 18.1. The Balaban J connectivity index is 3.40. The number of carboxylic acid groups (broad SMARTS) is 1. The lowest BCUT2D eigenvalue weighted by Gasteiger charge is -2.05. The molecule has 0 aliphatic carbocycles. The molecule has 0 aliphatic heterocycles. The van der Waals surface area contributed by atoms with Crippen molar-refractivity contribution in [1.82, 2.24) is 0 Å². The number of rotatable bonds is 14. The normalized spacial score (nSPS) is 13.2. The molecular formula is C18H31O3-. The molecule has 1 unspecified atom stereocenters. The second-order valence-corrected chi connectivity index (χ2v) is 5.55. The number of aliphatic carboxylic acids is 1. The zero-order valence-corrected chi connectivity index (χ0v) is 13.4. The fraction of sp³-hybridized carbons (Fsp3) is 0.722. The highest BCUT2D eigenvalue weighted by atomic mass is 16.4. The van der Waals surface area contributed by atoms with Crippen LogP contribution in [-0.4, -0.2) is 17.2 Å². The molecule has 0 rings (SSSR count). The van der Waals surface area contributed by atoms with Gasteiger partial charge in [0, 0.05) is 5.97 Å². The summed E-state index contributed by atoms with van der Waals surface area (Å²) >= 11 is 0. The van der Waals surface area contributed by atoms with Gasteiger partial charge in [-0.25, -0.2) is 0 Å². The van der Waals surface area contributed by atoms with Gasteiger partial charge in [-0.1, -0.05) is 69.8 Å². The molecule has 0 spiro atoms. The summed E-state index contributed by atoms with van der Waals surface area (Å²) in [5, 5.41) is 20.0. The van der Waals surface area contributed by atoms with Crippen molar-refractivity contribution >= 4 is 5.97 Å². The average Bonchev–Trinajstić information content (AvgIpc) is 2.45. The predicted molar refractivity (Wildman–Crippen MR) is 85.8 cm³/mol. The van der Waals surface area contributed by atoms with E-state index in [0.717, 1.165) is 38.5 Å². The van der Waals surface area contributed by atoms with Crippen molar-refractivity contribution in [2.75, 3.05) is 0 Å². The summed E-state index contributed by atoms with van der Waals surface area (Å²) in [6, 6.07) is 0. The van der Waals surface area contributed by atoms with Crippen LogP contribution in [0.1, 0.15) is 77.6 Å². The molecule has 0 aliphatic rings. The molecule has 0 bridgehead atoms. The first kappa shape index (κ1) is 19.9. The highest BCUT2D eigenvalue weighted by Gasteiger charge is 1.98. The van der Waals surface area contributed by atoms with Gasteiger partial charge in [0.2, 0.25) is 0 Å². The fourth-order valence-corrected chi connectivity index (χ4v) is 2.13. The van der Waals surface area contributed by atoms with E-state index in [4.69, 9.17) is 0 Å². The van der Waals surface area contributed by atoms with Crippen LogP contribution in [0.25, 0.3) is 0 Å². The standard InChI is InChI=1S/C18H32O3/c1-2-3-4-5-6-8-11-14-17(19)15-12-9-7-10-13-16-18(20)21/h6,8,11,14,17,19H,2-5,7,9-10,12-13,15-16H2,1H3,(H,20,21)/p-1/b8-6+,14-11+. The van der Waals surface area contributed by atoms with Crippen LogP contribution in [0, 0.1) is 0 Å². The van der Waals surface area contributed by atoms with Gasteiger partial charge in [-0.2, -0.15) is 0 Å². The van der Waals surface area contributed by atoms with Gasteiger partial charge in [-0.05, 0) is 32.1 Å². The topological polar surface area (TPSA) is 60.4 Å². The van der Waals surface area contributed by atoms with Crippen molar-refractivity contribution in [2.24, 2.45) is 0 Å². The van der Waals surface area contributed by atoms with E-state index in [1.165, 1.54) is 19.3 Å². The fourth-order valence-electron chi connectivity index (χ4n) is 2.13. The Bertz CT molecular complexity index is 295. The van der Waals surface area contributed by atoms with E-state index in [0.29, 0.717) is 6.42 Å². The molecule has 0 fully saturated rings. The molecule has 0 radical (unpaired) electrons. The number of unbranched alkanes of at least 4 members (excludes halogenated alkanes) is 7. The number of hydrogen-bond acceptors (Lipinski definition) is 3. The molecule has 0 aromatic rings. The summed E-state index contributed by atoms with van der Waals surface area (Å²) in [6.45, 7) is 2.20. The van der Waals surface area contributed by atoms with E-state index in [1.807, 2.05) is 18.2 Å². The highest BCUT2D eigenvalue weighted by molar-refractivity contribution is 5.63. The van der Waals surface area contributed by atoms with Crippen molar-refractivity contribution in [3.05, 3.63) is 24.3 Å². The minimum absolute atomic E-state index is 0.163. The molecule has 0 aromatic heterocycles. The van der Waals surface area contributed by atoms with Gasteiger partial charge >= 0.3 is 0 Å². The molecule has 0 amide bonds. The molecule has 122 valence electrons. The number of carbonyl (C=O) groups excluding carboxylic acids is 1. The Labute approximate surface area is 129 Å². The van der Waals surface area contributed by atoms with Crippen LogP contribution in [0.2, 0.25) is 0 Å². The molecule has 1 atom stereocenters. The van der Waals surface area contributed by atoms with Crippen molar-refractivity contribution in [1.29, 1.82) is 0 Å². The maximum atomic E-state index is 10.2. The number of hydrogen-bond donors (Lipinski definition) is 1. The van der Waals surface area contributed by atoms with Gasteiger partial charge < -0.3 is 15.0 Å². The number of allylic oxidation sites excluding steroid dienone is 3. The Kier molecular flexibility index (Phi) is 14.5. The maximum Gasteiger partial charge on any atom is 0.0723 e. The van der Waals surface area contributed by atoms with Crippen LogP contribution >= 0.6 is 0 Å². The van der Waals surface area contributed by atoms with Crippen LogP contribution in [-0.2, 0) is 4.79 Å². The number of carboxylic acids is 1. The summed E-state index contributed by atoms with van der Waals surface area (Å²) in [4.78, 5) is 10.2. The molecule has 0 heterocycles. The van der Waals surface area contributed by atoms with E-state index in [9.17, 15) is 15.0 Å². The van der Waals surface area contributed by atoms with Crippen molar-refractivity contribution in [3.8, 4) is 0 Å². The van der Waals surface area contributed by atoms with E-state index in [1.54, 1.807) is 0 Å². The quantitative estimate of drug-likeness (QED) is 0.394. The van der Waals surface area contributed by atoms with Crippen molar-refractivity contribution in [2.45, 2.75) is 83.7 Å². The van der Waals surface area contributed by atoms with Gasteiger partial charge in [0.15, 0.2) is 0 Å². The Morgan fingerprint density at radius 1 is 1.05 bits per heavy atom. The molecule has 0 aromatic carbocycles. The van der Waals surface area contributed by atoms with Crippen LogP contribution < -0.4 is 5.11 Å². The molecule has 21 heavy (non-hydrogen) atoms. The van der Waals surface area contributed by atoms with Crippen molar-refractivity contribution in [3.63, 3.8) is 0 Å². The van der Waals surface area contributed by atoms with Crippen LogP contribution in [0.15, 0.2) is 24.3 Å². The Hall–Kier alpha value is -1.09. The van der Waals surface area contributed by atoms with Gasteiger partial charge in [0.05, 0.1) is 6.10 Å². The second kappa shape index (κ2) is 15.3. The van der Waals surface area contributed by atoms with Crippen LogP contribution in [0.3, 0.4) is 0 Å². The summed E-state index contributed by atoms with van der Waals surface area (Å²) in [7, 11) is 0. The third kappa shape index (κ3) is 16.9. The molecule has 0 saturated heterocycles. The SMILES string of the molecule is CCCCC/C=C/C=C/C(O)CCCCCCCC(=O)[O-]. The van der Waals surface area contributed by atoms with Gasteiger partial charge in [0.1, 0.15) is 0 Å². The lowest BCUT2D eigenvalue weighted by atomic mass is 10.1. The van der Waals surface area contributed by atoms with E-state index >= 15 is 0 Å². The minimum Gasteiger partial charge on any atom is -0.550 e. The number of carbonyl (C=O) groups is 1. The summed E-state index contributed by atoms with van der Waals surface area (Å²) in [5.41, 5.74) is 0. The molecule has 3 nitrogen and oxygen atoms in total. The predicted octanol–water partition coefficient (Wildman–Crippen LogP) is 3.52. The lowest BCUT2D eigenvalue weighted by Crippen LogP contribution is -2.21. The first-order valence-corrected chi connectivity index (χ1v) is 8.38. The minimum atomic E-state index is -0.960. The number of aliphatic hydroxyl groups is 1. The van der Waals surface area contributed by atoms with E-state index < -0.39 is 5.97 Å². The Morgan fingerprint density at radius 3 is 2.48 bits per heavy atom. The summed E-state index contributed by atoms with van der Waals surface area (Å²) in [5.74, 6) is -0.960. The largest absolute Gasteiger partial charge is 0.550 e. The Morgan fingerprint density at radius 2 is 1.76 bits per heavy atom. The molecular weight excluding hydrogens is 264 g/mol. The third-order valence-electron chi connectivity index (χ3n) is 3.44. The number of aliphatic hydroxyl groups excluding tert-OH is 1. The molecule has 3 heteroatoms. The smallest absolute Gasteiger partial charge is 0.0723 e. The average molecular weight is 295 g/mol. The van der Waals surface area contributed by atoms with Crippen molar-refractivity contribution < 1.29 is 15.0 Å². The molecule has 1 N–H and O–H groups in total. The molecule has 0 saturated carbocycles. The first-order chi connectivity index (χ1) is 10.2. The second-order valence-electron chi connectivity index (χ2n) is 5.55. The third-order valence-corrected chi connectivity index (χ3v) is 3.44. The van der Waals surface area contributed by atoms with Crippen LogP contribution in [0.4, 0.5) is 0 Å². The van der Waals surface area contributed by atoms with E-state index in [-0.39, 0.29) is 12.5 Å². The first-order valence-electron chi connectivity index (χ1n) is 8.38. The van der Waals surface area contributed by atoms with Crippen LogP contribution in [0.5, 0.6) is 0 Å². The zero-order valence-electron chi connectivity index (χ0n) is 13.4. The van der Waals surface area contributed by atoms with Gasteiger partial charge in [0.25, 0.3) is 0 Å². The van der Waals surface area contributed by atoms with Gasteiger partial charge in [-0.3, -0.25) is 0 Å². The summed E-state index contributed by atoms with van der Waals surface area (Å²) < 4.78 is 0. The van der Waals surface area contributed by atoms with E-state index in [2.05, 4.69) is 13.0 Å². The highest BCUT2D eigenvalue weighted by Crippen LogP contribution is 2.09. The zero-order chi connectivity index (χ0) is 15.8. The maximum absolute atomic E-state index is 10.2. The monoisotopic (exact) mass is 295 g/mol. The lowest BCUT2D eigenvalue weighted by molar-refractivity contribution is -0.305.